The van der Waals surface area contributed by atoms with Gasteiger partial charge in [-0.1, -0.05) is 23.7 Å². The fraction of sp³-hybridized carbons (Fsp3) is 0.462. The fourth-order valence-corrected chi connectivity index (χ4v) is 1.63. The van der Waals surface area contributed by atoms with E-state index in [1.54, 1.807) is 0 Å². The lowest BCUT2D eigenvalue weighted by atomic mass is 9.94. The van der Waals surface area contributed by atoms with Crippen LogP contribution in [0.1, 0.15) is 32.4 Å². The van der Waals surface area contributed by atoms with Gasteiger partial charge in [-0.2, -0.15) is 0 Å². The third-order valence-electron chi connectivity index (χ3n) is 2.65. The lowest BCUT2D eigenvalue weighted by Gasteiger charge is -2.24. The second-order valence-electron chi connectivity index (χ2n) is 4.77. The first-order chi connectivity index (χ1) is 7.86. The van der Waals surface area contributed by atoms with Gasteiger partial charge in [0.25, 0.3) is 0 Å². The Morgan fingerprint density at radius 2 is 2.12 bits per heavy atom. The van der Waals surface area contributed by atoms with Crippen LogP contribution in [0.3, 0.4) is 0 Å². The monoisotopic (exact) mass is 273 g/mol. The highest BCUT2D eigenvalue weighted by Crippen LogP contribution is 2.21. The van der Waals surface area contributed by atoms with Gasteiger partial charge in [-0.05, 0) is 38.5 Å². The van der Waals surface area contributed by atoms with E-state index < -0.39 is 5.41 Å². The van der Waals surface area contributed by atoms with E-state index in [1.165, 1.54) is 0 Å². The van der Waals surface area contributed by atoms with Crippen molar-refractivity contribution in [1.82, 2.24) is 5.32 Å². The molecule has 0 saturated heterocycles. The Labute approximate surface area is 112 Å². The summed E-state index contributed by atoms with van der Waals surface area (Å²) in [4.78, 5) is 11.9. The summed E-state index contributed by atoms with van der Waals surface area (Å²) in [5, 5.41) is 3.60. The van der Waals surface area contributed by atoms with Gasteiger partial charge in [0.2, 0.25) is 5.91 Å². The predicted octanol–water partition coefficient (Wildman–Crippen LogP) is 3.78. The number of halogens is 2. The molecule has 1 aromatic carbocycles. The number of amides is 1. The molecular formula is C13H17Cl2NO. The number of hydrogen-bond acceptors (Lipinski definition) is 1. The van der Waals surface area contributed by atoms with Gasteiger partial charge in [-0.25, -0.2) is 0 Å². The van der Waals surface area contributed by atoms with E-state index in [-0.39, 0.29) is 11.9 Å². The third kappa shape index (κ3) is 3.90. The van der Waals surface area contributed by atoms with Gasteiger partial charge in [0.1, 0.15) is 0 Å². The molecule has 4 heteroatoms. The summed E-state index contributed by atoms with van der Waals surface area (Å²) in [5.41, 5.74) is 0.421. The molecule has 1 amide bonds. The van der Waals surface area contributed by atoms with E-state index in [2.05, 4.69) is 5.32 Å². The second-order valence-corrected chi connectivity index (χ2v) is 5.47. The Bertz CT molecular complexity index is 404. The minimum atomic E-state index is -0.561. The normalized spacial score (nSPS) is 13.2. The molecule has 1 N–H and O–H groups in total. The number of hydrogen-bond donors (Lipinski definition) is 1. The van der Waals surface area contributed by atoms with Crippen LogP contribution in [0, 0.1) is 5.41 Å². The first kappa shape index (κ1) is 14.3. The quantitative estimate of drug-likeness (QED) is 0.832. The average Bonchev–Trinajstić information content (AvgIpc) is 2.28. The zero-order chi connectivity index (χ0) is 13.1. The van der Waals surface area contributed by atoms with Crippen molar-refractivity contribution in [3.05, 3.63) is 34.9 Å². The van der Waals surface area contributed by atoms with Gasteiger partial charge < -0.3 is 5.32 Å². The predicted molar refractivity (Wildman–Crippen MR) is 72.5 cm³/mol. The van der Waals surface area contributed by atoms with Gasteiger partial charge in [-0.15, -0.1) is 11.6 Å². The third-order valence-corrected chi connectivity index (χ3v) is 3.55. The maximum atomic E-state index is 11.9. The Morgan fingerprint density at radius 3 is 2.65 bits per heavy atom. The molecule has 2 nitrogen and oxygen atoms in total. The smallest absolute Gasteiger partial charge is 0.227 e. The molecule has 1 rings (SSSR count). The molecule has 0 bridgehead atoms. The minimum absolute atomic E-state index is 0.0556. The molecule has 0 fully saturated rings. The van der Waals surface area contributed by atoms with Crippen molar-refractivity contribution >= 4 is 29.1 Å². The van der Waals surface area contributed by atoms with Crippen molar-refractivity contribution in [3.63, 3.8) is 0 Å². The summed E-state index contributed by atoms with van der Waals surface area (Å²) in [7, 11) is 0. The molecule has 0 spiro atoms. The highest BCUT2D eigenvalue weighted by Gasteiger charge is 2.27. The molecule has 1 atom stereocenters. The number of rotatable bonds is 4. The van der Waals surface area contributed by atoms with E-state index in [9.17, 15) is 4.79 Å². The number of nitrogens with one attached hydrogen (secondary N) is 1. The van der Waals surface area contributed by atoms with Gasteiger partial charge in [0.05, 0.1) is 11.5 Å². The molecule has 0 radical (unpaired) electrons. The van der Waals surface area contributed by atoms with Crippen molar-refractivity contribution in [2.75, 3.05) is 5.88 Å². The molecular weight excluding hydrogens is 257 g/mol. The number of alkyl halides is 1. The minimum Gasteiger partial charge on any atom is -0.349 e. The van der Waals surface area contributed by atoms with Gasteiger partial charge in [0.15, 0.2) is 0 Å². The summed E-state index contributed by atoms with van der Waals surface area (Å²) in [5.74, 6) is 0.237. The number of benzene rings is 1. The van der Waals surface area contributed by atoms with Crippen LogP contribution in [0.4, 0.5) is 0 Å². The molecule has 1 unspecified atom stereocenters. The molecule has 0 heterocycles. The molecule has 17 heavy (non-hydrogen) atoms. The summed E-state index contributed by atoms with van der Waals surface area (Å²) in [6.07, 6.45) is 0. The van der Waals surface area contributed by atoms with Crippen LogP contribution < -0.4 is 5.32 Å². The topological polar surface area (TPSA) is 29.1 Å². The molecule has 0 aliphatic heterocycles. The van der Waals surface area contributed by atoms with E-state index in [0.29, 0.717) is 10.9 Å². The van der Waals surface area contributed by atoms with Gasteiger partial charge in [0, 0.05) is 10.9 Å². The molecule has 0 aromatic heterocycles. The van der Waals surface area contributed by atoms with E-state index in [0.717, 1.165) is 5.56 Å². The summed E-state index contributed by atoms with van der Waals surface area (Å²) >= 11 is 11.7. The zero-order valence-electron chi connectivity index (χ0n) is 10.3. The highest BCUT2D eigenvalue weighted by molar-refractivity contribution is 6.30. The lowest BCUT2D eigenvalue weighted by Crippen LogP contribution is -2.39. The first-order valence-electron chi connectivity index (χ1n) is 5.49. The molecule has 0 aliphatic carbocycles. The summed E-state index contributed by atoms with van der Waals surface area (Å²) < 4.78 is 0. The number of carbonyl (C=O) groups excluding carboxylic acids is 1. The Morgan fingerprint density at radius 1 is 1.47 bits per heavy atom. The summed E-state index contributed by atoms with van der Waals surface area (Å²) in [6.45, 7) is 5.56. The van der Waals surface area contributed by atoms with E-state index in [1.807, 2.05) is 45.0 Å². The van der Waals surface area contributed by atoms with Crippen molar-refractivity contribution in [2.45, 2.75) is 26.8 Å². The molecule has 0 saturated carbocycles. The maximum Gasteiger partial charge on any atom is 0.227 e. The van der Waals surface area contributed by atoms with Crippen molar-refractivity contribution in [3.8, 4) is 0 Å². The molecule has 0 aliphatic rings. The SMILES string of the molecule is CC(NC(=O)C(C)(C)CCl)c1cccc(Cl)c1. The van der Waals surface area contributed by atoms with Crippen LogP contribution >= 0.6 is 23.2 Å². The second kappa shape index (κ2) is 5.74. The average molecular weight is 274 g/mol. The van der Waals surface area contributed by atoms with Crippen molar-refractivity contribution < 1.29 is 4.79 Å². The highest BCUT2D eigenvalue weighted by atomic mass is 35.5. The summed E-state index contributed by atoms with van der Waals surface area (Å²) in [6, 6.07) is 7.38. The number of carbonyl (C=O) groups is 1. The van der Waals surface area contributed by atoms with Gasteiger partial charge in [-0.3, -0.25) is 4.79 Å². The van der Waals surface area contributed by atoms with Crippen LogP contribution in [0.2, 0.25) is 5.02 Å². The van der Waals surface area contributed by atoms with Crippen LogP contribution in [-0.4, -0.2) is 11.8 Å². The first-order valence-corrected chi connectivity index (χ1v) is 6.40. The van der Waals surface area contributed by atoms with E-state index >= 15 is 0 Å². The van der Waals surface area contributed by atoms with Crippen LogP contribution in [0.25, 0.3) is 0 Å². The Balaban J connectivity index is 2.73. The van der Waals surface area contributed by atoms with Crippen molar-refractivity contribution in [1.29, 1.82) is 0 Å². The van der Waals surface area contributed by atoms with Gasteiger partial charge >= 0.3 is 0 Å². The zero-order valence-corrected chi connectivity index (χ0v) is 11.8. The Kier molecular flexibility index (Phi) is 4.84. The van der Waals surface area contributed by atoms with Crippen LogP contribution in [0.15, 0.2) is 24.3 Å². The largest absolute Gasteiger partial charge is 0.349 e. The molecule has 1 aromatic rings. The van der Waals surface area contributed by atoms with E-state index in [4.69, 9.17) is 23.2 Å². The Hall–Kier alpha value is -0.730. The molecule has 94 valence electrons. The fourth-order valence-electron chi connectivity index (χ4n) is 1.31. The standard InChI is InChI=1S/C13H17Cl2NO/c1-9(10-5-4-6-11(15)7-10)16-12(17)13(2,3)8-14/h4-7,9H,8H2,1-3H3,(H,16,17). The van der Waals surface area contributed by atoms with Crippen LogP contribution in [-0.2, 0) is 4.79 Å². The maximum absolute atomic E-state index is 11.9. The lowest BCUT2D eigenvalue weighted by molar-refractivity contribution is -0.129. The van der Waals surface area contributed by atoms with Crippen molar-refractivity contribution in [2.24, 2.45) is 5.41 Å². The van der Waals surface area contributed by atoms with Crippen LogP contribution in [0.5, 0.6) is 0 Å².